The smallest absolute Gasteiger partial charge is 0.246 e. The van der Waals surface area contributed by atoms with E-state index in [1.807, 2.05) is 0 Å². The van der Waals surface area contributed by atoms with Crippen LogP contribution < -0.4 is 5.32 Å². The van der Waals surface area contributed by atoms with Crippen LogP contribution in [0, 0.1) is 5.82 Å². The number of aromatic nitrogens is 3. The second-order valence-corrected chi connectivity index (χ2v) is 4.62. The van der Waals surface area contributed by atoms with Crippen LogP contribution >= 0.6 is 0 Å². The molecule has 1 amide bonds. The normalized spacial score (nSPS) is 18.9. The van der Waals surface area contributed by atoms with Crippen molar-refractivity contribution in [3.8, 4) is 5.69 Å². The van der Waals surface area contributed by atoms with Gasteiger partial charge in [-0.05, 0) is 24.1 Å². The number of ether oxygens (including phenoxy) is 1. The van der Waals surface area contributed by atoms with Gasteiger partial charge in [0.05, 0.1) is 30.7 Å². The number of amides is 1. The highest BCUT2D eigenvalue weighted by atomic mass is 19.1. The zero-order chi connectivity index (χ0) is 13.9. The average Bonchev–Trinajstić information content (AvgIpc) is 2.91. The van der Waals surface area contributed by atoms with Crippen molar-refractivity contribution in [1.29, 1.82) is 0 Å². The summed E-state index contributed by atoms with van der Waals surface area (Å²) in [6, 6.07) is 4.45. The summed E-state index contributed by atoms with van der Waals surface area (Å²) in [6.07, 6.45) is 3.55. The van der Waals surface area contributed by atoms with Gasteiger partial charge in [0.2, 0.25) is 5.91 Å². The van der Waals surface area contributed by atoms with Crippen molar-refractivity contribution in [2.45, 2.75) is 12.5 Å². The molecule has 0 radical (unpaired) electrons. The van der Waals surface area contributed by atoms with Crippen LogP contribution in [0.5, 0.6) is 0 Å². The van der Waals surface area contributed by atoms with E-state index in [2.05, 4.69) is 15.5 Å². The maximum atomic E-state index is 13.7. The molecule has 104 valence electrons. The number of benzene rings is 1. The van der Waals surface area contributed by atoms with Crippen molar-refractivity contribution in [3.05, 3.63) is 42.0 Å². The Hall–Kier alpha value is -2.28. The summed E-state index contributed by atoms with van der Waals surface area (Å²) < 4.78 is 18.8. The molecule has 0 spiro atoms. The molecule has 0 aliphatic carbocycles. The lowest BCUT2D eigenvalue weighted by Crippen LogP contribution is -2.46. The molecule has 1 unspecified atom stereocenters. The molecule has 0 saturated carbocycles. The summed E-state index contributed by atoms with van der Waals surface area (Å²) in [5, 5.41) is 10.8. The SMILES string of the molecule is O=C1COCC(Cc2cc(F)cc(-n3nccn3)c2)N1. The summed E-state index contributed by atoms with van der Waals surface area (Å²) in [5.41, 5.74) is 1.31. The Labute approximate surface area is 114 Å². The maximum Gasteiger partial charge on any atom is 0.246 e. The number of nitrogens with zero attached hydrogens (tertiary/aromatic N) is 3. The van der Waals surface area contributed by atoms with Gasteiger partial charge in [-0.25, -0.2) is 4.39 Å². The van der Waals surface area contributed by atoms with E-state index in [0.29, 0.717) is 18.7 Å². The Bertz CT molecular complexity index is 615. The van der Waals surface area contributed by atoms with Crippen LogP contribution in [0.3, 0.4) is 0 Å². The standard InChI is InChI=1S/C13H13FN4O2/c14-10-3-9(4-11-7-20-8-13(19)17-11)5-12(6-10)18-15-1-2-16-18/h1-3,5-6,11H,4,7-8H2,(H,17,19). The van der Waals surface area contributed by atoms with E-state index < -0.39 is 0 Å². The van der Waals surface area contributed by atoms with Gasteiger partial charge in [-0.1, -0.05) is 0 Å². The van der Waals surface area contributed by atoms with Gasteiger partial charge in [0.15, 0.2) is 0 Å². The molecule has 6 nitrogen and oxygen atoms in total. The summed E-state index contributed by atoms with van der Waals surface area (Å²) >= 11 is 0. The second kappa shape index (κ2) is 5.38. The number of carbonyl (C=O) groups is 1. The number of rotatable bonds is 3. The fraction of sp³-hybridized carbons (Fsp3) is 0.308. The Kier molecular flexibility index (Phi) is 3.42. The number of nitrogens with one attached hydrogen (secondary N) is 1. The molecular formula is C13H13FN4O2. The third-order valence-corrected chi connectivity index (χ3v) is 2.99. The molecule has 2 aromatic rings. The van der Waals surface area contributed by atoms with E-state index in [1.165, 1.54) is 29.3 Å². The van der Waals surface area contributed by atoms with E-state index in [1.54, 1.807) is 6.07 Å². The molecule has 1 aromatic heterocycles. The van der Waals surface area contributed by atoms with E-state index in [9.17, 15) is 9.18 Å². The zero-order valence-electron chi connectivity index (χ0n) is 10.6. The van der Waals surface area contributed by atoms with Gasteiger partial charge in [0.25, 0.3) is 0 Å². The molecule has 20 heavy (non-hydrogen) atoms. The Morgan fingerprint density at radius 2 is 2.15 bits per heavy atom. The molecule has 1 N–H and O–H groups in total. The number of hydrogen-bond donors (Lipinski definition) is 1. The van der Waals surface area contributed by atoms with Gasteiger partial charge in [-0.3, -0.25) is 4.79 Å². The molecule has 1 aromatic carbocycles. The highest BCUT2D eigenvalue weighted by Gasteiger charge is 2.19. The molecule has 2 heterocycles. The Morgan fingerprint density at radius 1 is 1.35 bits per heavy atom. The summed E-state index contributed by atoms with van der Waals surface area (Å²) in [6.45, 7) is 0.514. The number of hydrogen-bond acceptors (Lipinski definition) is 4. The van der Waals surface area contributed by atoms with E-state index in [-0.39, 0.29) is 24.4 Å². The first-order chi connectivity index (χ1) is 9.70. The highest BCUT2D eigenvalue weighted by molar-refractivity contribution is 5.78. The molecule has 0 bridgehead atoms. The second-order valence-electron chi connectivity index (χ2n) is 4.62. The molecular weight excluding hydrogens is 263 g/mol. The van der Waals surface area contributed by atoms with Crippen LogP contribution in [0.4, 0.5) is 4.39 Å². The lowest BCUT2D eigenvalue weighted by Gasteiger charge is -2.23. The zero-order valence-corrected chi connectivity index (χ0v) is 10.6. The molecule has 1 atom stereocenters. The quantitative estimate of drug-likeness (QED) is 0.884. The summed E-state index contributed by atoms with van der Waals surface area (Å²) in [7, 11) is 0. The fourth-order valence-corrected chi connectivity index (χ4v) is 2.22. The minimum atomic E-state index is -0.363. The Morgan fingerprint density at radius 3 is 2.90 bits per heavy atom. The van der Waals surface area contributed by atoms with Crippen molar-refractivity contribution in [1.82, 2.24) is 20.3 Å². The van der Waals surface area contributed by atoms with Crippen LogP contribution in [-0.2, 0) is 16.0 Å². The van der Waals surface area contributed by atoms with Crippen LogP contribution in [0.2, 0.25) is 0 Å². The van der Waals surface area contributed by atoms with Crippen LogP contribution in [0.25, 0.3) is 5.69 Å². The predicted molar refractivity (Wildman–Crippen MR) is 67.8 cm³/mol. The third kappa shape index (κ3) is 2.83. The first kappa shape index (κ1) is 12.7. The van der Waals surface area contributed by atoms with Crippen molar-refractivity contribution < 1.29 is 13.9 Å². The lowest BCUT2D eigenvalue weighted by molar-refractivity contribution is -0.131. The van der Waals surface area contributed by atoms with Crippen LogP contribution in [0.1, 0.15) is 5.56 Å². The van der Waals surface area contributed by atoms with Gasteiger partial charge >= 0.3 is 0 Å². The number of morpholine rings is 1. The minimum absolute atomic E-state index is 0.0854. The summed E-state index contributed by atoms with van der Waals surface area (Å²) in [4.78, 5) is 12.6. The van der Waals surface area contributed by atoms with E-state index in [4.69, 9.17) is 4.74 Å². The topological polar surface area (TPSA) is 69.0 Å². The van der Waals surface area contributed by atoms with Crippen molar-refractivity contribution in [2.75, 3.05) is 13.2 Å². The highest BCUT2D eigenvalue weighted by Crippen LogP contribution is 2.14. The van der Waals surface area contributed by atoms with Crippen molar-refractivity contribution in [2.24, 2.45) is 0 Å². The molecule has 7 heteroatoms. The predicted octanol–water partition coefficient (Wildman–Crippen LogP) is 0.464. The monoisotopic (exact) mass is 276 g/mol. The molecule has 1 aliphatic rings. The van der Waals surface area contributed by atoms with Crippen LogP contribution in [0.15, 0.2) is 30.6 Å². The Balaban J connectivity index is 1.81. The molecule has 1 aliphatic heterocycles. The van der Waals surface area contributed by atoms with E-state index in [0.717, 1.165) is 5.56 Å². The van der Waals surface area contributed by atoms with Crippen molar-refractivity contribution in [3.63, 3.8) is 0 Å². The molecule has 1 saturated heterocycles. The maximum absolute atomic E-state index is 13.7. The number of halogens is 1. The first-order valence-electron chi connectivity index (χ1n) is 6.24. The van der Waals surface area contributed by atoms with Gasteiger partial charge < -0.3 is 10.1 Å². The van der Waals surface area contributed by atoms with Gasteiger partial charge in [-0.15, -0.1) is 0 Å². The van der Waals surface area contributed by atoms with Gasteiger partial charge in [0.1, 0.15) is 12.4 Å². The third-order valence-electron chi connectivity index (χ3n) is 2.99. The molecule has 3 rings (SSSR count). The van der Waals surface area contributed by atoms with E-state index >= 15 is 0 Å². The van der Waals surface area contributed by atoms with Gasteiger partial charge in [-0.2, -0.15) is 15.0 Å². The summed E-state index contributed by atoms with van der Waals surface area (Å²) in [5.74, 6) is -0.510. The first-order valence-corrected chi connectivity index (χ1v) is 6.24. The average molecular weight is 276 g/mol. The van der Waals surface area contributed by atoms with Gasteiger partial charge in [0, 0.05) is 6.07 Å². The molecule has 1 fully saturated rings. The van der Waals surface area contributed by atoms with Crippen molar-refractivity contribution >= 4 is 5.91 Å². The largest absolute Gasteiger partial charge is 0.369 e. The fourth-order valence-electron chi connectivity index (χ4n) is 2.22. The number of carbonyl (C=O) groups excluding carboxylic acids is 1. The van der Waals surface area contributed by atoms with Crippen LogP contribution in [-0.4, -0.2) is 40.2 Å². The minimum Gasteiger partial charge on any atom is -0.369 e. The lowest BCUT2D eigenvalue weighted by atomic mass is 10.0.